The van der Waals surface area contributed by atoms with Gasteiger partial charge in [0.1, 0.15) is 6.04 Å². The van der Waals surface area contributed by atoms with Gasteiger partial charge in [-0.05, 0) is 18.3 Å². The van der Waals surface area contributed by atoms with Crippen LogP contribution in [0.25, 0.3) is 0 Å². The number of primary amides is 1. The maximum atomic E-state index is 12.0. The highest BCUT2D eigenvalue weighted by molar-refractivity contribution is 5.86. The lowest BCUT2D eigenvalue weighted by molar-refractivity contribution is -0.129. The van der Waals surface area contributed by atoms with Crippen LogP contribution in [-0.4, -0.2) is 44.0 Å². The van der Waals surface area contributed by atoms with E-state index in [4.69, 9.17) is 10.5 Å². The summed E-state index contributed by atoms with van der Waals surface area (Å²) in [5, 5.41) is 5.28. The molecule has 122 valence electrons. The molecule has 0 aliphatic rings. The third-order valence-corrected chi connectivity index (χ3v) is 2.93. The Bertz CT molecular complexity index is 358. The minimum absolute atomic E-state index is 0.0185. The van der Waals surface area contributed by atoms with Crippen molar-refractivity contribution in [3.63, 3.8) is 0 Å². The van der Waals surface area contributed by atoms with Gasteiger partial charge in [-0.2, -0.15) is 0 Å². The van der Waals surface area contributed by atoms with Crippen LogP contribution in [0.15, 0.2) is 0 Å². The second-order valence-corrected chi connectivity index (χ2v) is 5.61. The van der Waals surface area contributed by atoms with E-state index in [0.717, 1.165) is 6.42 Å². The smallest absolute Gasteiger partial charge is 0.242 e. The van der Waals surface area contributed by atoms with E-state index in [0.29, 0.717) is 12.5 Å². The number of amides is 3. The van der Waals surface area contributed by atoms with Crippen LogP contribution in [0.2, 0.25) is 0 Å². The van der Waals surface area contributed by atoms with Crippen LogP contribution in [0.4, 0.5) is 0 Å². The van der Waals surface area contributed by atoms with Crippen molar-refractivity contribution in [2.75, 3.05) is 20.3 Å². The fourth-order valence-corrected chi connectivity index (χ4v) is 2.07. The van der Waals surface area contributed by atoms with E-state index in [1.165, 1.54) is 14.0 Å². The van der Waals surface area contributed by atoms with E-state index in [-0.39, 0.29) is 30.8 Å². The second-order valence-electron chi connectivity index (χ2n) is 5.61. The van der Waals surface area contributed by atoms with Crippen molar-refractivity contribution in [3.05, 3.63) is 0 Å². The predicted molar refractivity (Wildman–Crippen MR) is 79.2 cm³/mol. The molecule has 0 saturated carbocycles. The molecule has 0 rings (SSSR count). The Balaban J connectivity index is 4.48. The average molecular weight is 301 g/mol. The summed E-state index contributed by atoms with van der Waals surface area (Å²) in [6.45, 7) is 6.02. The van der Waals surface area contributed by atoms with Crippen molar-refractivity contribution in [2.45, 2.75) is 39.7 Å². The molecule has 2 atom stereocenters. The number of nitrogens with two attached hydrogens (primary N) is 1. The topological polar surface area (TPSA) is 111 Å². The molecule has 21 heavy (non-hydrogen) atoms. The minimum atomic E-state index is -0.831. The largest absolute Gasteiger partial charge is 0.382 e. The van der Waals surface area contributed by atoms with Crippen LogP contribution in [0.3, 0.4) is 0 Å². The van der Waals surface area contributed by atoms with Crippen LogP contribution in [0, 0.1) is 11.8 Å². The van der Waals surface area contributed by atoms with Gasteiger partial charge in [-0.3, -0.25) is 14.4 Å². The number of hydrogen-bond donors (Lipinski definition) is 3. The zero-order valence-electron chi connectivity index (χ0n) is 13.3. The third-order valence-electron chi connectivity index (χ3n) is 2.93. The van der Waals surface area contributed by atoms with Gasteiger partial charge in [0, 0.05) is 27.0 Å². The van der Waals surface area contributed by atoms with E-state index in [1.54, 1.807) is 0 Å². The van der Waals surface area contributed by atoms with Crippen molar-refractivity contribution in [2.24, 2.45) is 17.6 Å². The summed E-state index contributed by atoms with van der Waals surface area (Å²) in [7, 11) is 1.43. The Morgan fingerprint density at radius 3 is 2.29 bits per heavy atom. The van der Waals surface area contributed by atoms with E-state index in [9.17, 15) is 14.4 Å². The first-order valence-electron chi connectivity index (χ1n) is 7.08. The summed E-state index contributed by atoms with van der Waals surface area (Å²) >= 11 is 0. The molecule has 0 saturated heterocycles. The van der Waals surface area contributed by atoms with Crippen LogP contribution < -0.4 is 16.4 Å². The van der Waals surface area contributed by atoms with Gasteiger partial charge >= 0.3 is 0 Å². The molecular weight excluding hydrogens is 274 g/mol. The lowest BCUT2D eigenvalue weighted by atomic mass is 9.93. The first kappa shape index (κ1) is 19.4. The fourth-order valence-electron chi connectivity index (χ4n) is 2.07. The summed E-state index contributed by atoms with van der Waals surface area (Å²) in [5.74, 6) is -0.606. The first-order valence-corrected chi connectivity index (χ1v) is 7.08. The quantitative estimate of drug-likeness (QED) is 0.518. The standard InChI is InChI=1S/C14H27N3O4/c1-9(2)5-11(7-16-10(3)18)6-13(19)17-12(8-21-4)14(15)20/h9,11-12H,5-8H2,1-4H3,(H2,15,20)(H,16,18)(H,17,19)/t11-,12?/m0/s1. The molecule has 1 unspecified atom stereocenters. The summed E-state index contributed by atoms with van der Waals surface area (Å²) in [6, 6.07) is -0.831. The molecule has 0 aromatic carbocycles. The zero-order valence-corrected chi connectivity index (χ0v) is 13.3. The van der Waals surface area contributed by atoms with E-state index in [1.807, 2.05) is 0 Å². The number of carbonyl (C=O) groups is 3. The molecule has 0 heterocycles. The van der Waals surface area contributed by atoms with Crippen molar-refractivity contribution >= 4 is 17.7 Å². The molecule has 0 spiro atoms. The van der Waals surface area contributed by atoms with Crippen LogP contribution in [0.1, 0.15) is 33.6 Å². The van der Waals surface area contributed by atoms with E-state index in [2.05, 4.69) is 24.5 Å². The fraction of sp³-hybridized carbons (Fsp3) is 0.786. The Labute approximate surface area is 126 Å². The Morgan fingerprint density at radius 2 is 1.86 bits per heavy atom. The molecule has 0 aliphatic carbocycles. The normalized spacial score (nSPS) is 13.6. The number of nitrogens with one attached hydrogen (secondary N) is 2. The van der Waals surface area contributed by atoms with Crippen molar-refractivity contribution in [1.29, 1.82) is 0 Å². The average Bonchev–Trinajstić information content (AvgIpc) is 2.34. The third kappa shape index (κ3) is 9.84. The van der Waals surface area contributed by atoms with Gasteiger partial charge in [-0.25, -0.2) is 0 Å². The maximum absolute atomic E-state index is 12.0. The molecular formula is C14H27N3O4. The van der Waals surface area contributed by atoms with Crippen molar-refractivity contribution < 1.29 is 19.1 Å². The van der Waals surface area contributed by atoms with Crippen molar-refractivity contribution in [3.8, 4) is 0 Å². The Morgan fingerprint density at radius 1 is 1.24 bits per heavy atom. The lowest BCUT2D eigenvalue weighted by Crippen LogP contribution is -2.48. The lowest BCUT2D eigenvalue weighted by Gasteiger charge is -2.20. The van der Waals surface area contributed by atoms with E-state index >= 15 is 0 Å². The molecule has 0 fully saturated rings. The minimum Gasteiger partial charge on any atom is -0.382 e. The highest BCUT2D eigenvalue weighted by atomic mass is 16.5. The summed E-state index contributed by atoms with van der Waals surface area (Å²) < 4.78 is 4.84. The van der Waals surface area contributed by atoms with Gasteiger partial charge in [-0.15, -0.1) is 0 Å². The molecule has 0 aliphatic heterocycles. The SMILES string of the molecule is COCC(NC(=O)C[C@@H](CNC(C)=O)CC(C)C)C(N)=O. The summed E-state index contributed by atoms with van der Waals surface area (Å²) in [6.07, 6.45) is 1.03. The highest BCUT2D eigenvalue weighted by Gasteiger charge is 2.21. The van der Waals surface area contributed by atoms with Crippen LogP contribution in [0.5, 0.6) is 0 Å². The summed E-state index contributed by atoms with van der Waals surface area (Å²) in [5.41, 5.74) is 5.19. The number of rotatable bonds is 10. The zero-order chi connectivity index (χ0) is 16.4. The predicted octanol–water partition coefficient (Wildman–Crippen LogP) is -0.209. The molecule has 0 bridgehead atoms. The van der Waals surface area contributed by atoms with Gasteiger partial charge in [0.05, 0.1) is 6.61 Å². The van der Waals surface area contributed by atoms with Gasteiger partial charge in [-0.1, -0.05) is 13.8 Å². The molecule has 0 aromatic rings. The molecule has 0 radical (unpaired) electrons. The highest BCUT2D eigenvalue weighted by Crippen LogP contribution is 2.14. The molecule has 0 aromatic heterocycles. The van der Waals surface area contributed by atoms with Crippen molar-refractivity contribution in [1.82, 2.24) is 10.6 Å². The van der Waals surface area contributed by atoms with Gasteiger partial charge in [0.25, 0.3) is 0 Å². The van der Waals surface area contributed by atoms with E-state index < -0.39 is 11.9 Å². The molecule has 7 nitrogen and oxygen atoms in total. The van der Waals surface area contributed by atoms with Crippen LogP contribution >= 0.6 is 0 Å². The van der Waals surface area contributed by atoms with Gasteiger partial charge in [0.2, 0.25) is 17.7 Å². The molecule has 3 amide bonds. The van der Waals surface area contributed by atoms with Gasteiger partial charge in [0.15, 0.2) is 0 Å². The monoisotopic (exact) mass is 301 g/mol. The van der Waals surface area contributed by atoms with Crippen LogP contribution in [-0.2, 0) is 19.1 Å². The number of methoxy groups -OCH3 is 1. The Kier molecular flexibility index (Phi) is 9.36. The van der Waals surface area contributed by atoms with Gasteiger partial charge < -0.3 is 21.1 Å². The number of hydrogen-bond acceptors (Lipinski definition) is 4. The molecule has 4 N–H and O–H groups in total. The second kappa shape index (κ2) is 10.1. The number of ether oxygens (including phenoxy) is 1. The number of carbonyl (C=O) groups excluding carboxylic acids is 3. The maximum Gasteiger partial charge on any atom is 0.242 e. The summed E-state index contributed by atoms with van der Waals surface area (Å²) in [4.78, 5) is 34.1. The Hall–Kier alpha value is -1.63. The first-order chi connectivity index (χ1) is 9.76. The molecule has 7 heteroatoms.